The number of nitrogens with two attached hydrogens (primary N) is 1. The molecule has 1 aliphatic rings. The second-order valence-corrected chi connectivity index (χ2v) is 4.45. The molecule has 0 amide bonds. The van der Waals surface area contributed by atoms with E-state index in [0.717, 1.165) is 12.1 Å². The highest BCUT2D eigenvalue weighted by molar-refractivity contribution is 5.94. The van der Waals surface area contributed by atoms with Crippen molar-refractivity contribution in [2.24, 2.45) is 5.73 Å². The molecule has 0 spiro atoms. The van der Waals surface area contributed by atoms with Crippen LogP contribution in [0.3, 0.4) is 0 Å². The molecule has 94 valence electrons. The van der Waals surface area contributed by atoms with E-state index in [1.165, 1.54) is 37.9 Å². The molecule has 3 N–H and O–H groups in total. The highest BCUT2D eigenvalue weighted by Crippen LogP contribution is 2.13. The normalized spacial score (nSPS) is 16.2. The summed E-state index contributed by atoms with van der Waals surface area (Å²) >= 11 is 0. The molecule has 4 heteroatoms. The van der Waals surface area contributed by atoms with Crippen LogP contribution in [-0.4, -0.2) is 23.8 Å². The Kier molecular flexibility index (Phi) is 5.45. The minimum absolute atomic E-state index is 0. The standard InChI is InChI=1S/C13H19N3.ClH/c14-13(15)12-6-4-11(5-7-12)10-16-8-2-1-3-9-16;/h4-7H,1-3,8-10H2,(H3,14,15);1H. The van der Waals surface area contributed by atoms with Gasteiger partial charge in [0.05, 0.1) is 0 Å². The summed E-state index contributed by atoms with van der Waals surface area (Å²) in [6.45, 7) is 3.46. The molecule has 2 rings (SSSR count). The van der Waals surface area contributed by atoms with Gasteiger partial charge in [0.25, 0.3) is 0 Å². The number of hydrogen-bond acceptors (Lipinski definition) is 2. The number of benzene rings is 1. The molecular formula is C13H20ClN3. The average molecular weight is 254 g/mol. The highest BCUT2D eigenvalue weighted by Gasteiger charge is 2.10. The summed E-state index contributed by atoms with van der Waals surface area (Å²) in [6.07, 6.45) is 4.02. The van der Waals surface area contributed by atoms with Crippen LogP contribution in [0.5, 0.6) is 0 Å². The van der Waals surface area contributed by atoms with Crippen molar-refractivity contribution in [2.75, 3.05) is 13.1 Å². The molecule has 1 aromatic carbocycles. The number of nitrogens with zero attached hydrogens (tertiary/aromatic N) is 1. The second kappa shape index (κ2) is 6.62. The number of amidine groups is 1. The van der Waals surface area contributed by atoms with E-state index in [9.17, 15) is 0 Å². The van der Waals surface area contributed by atoms with Crippen molar-refractivity contribution in [1.82, 2.24) is 4.90 Å². The molecule has 0 aromatic heterocycles. The van der Waals surface area contributed by atoms with E-state index in [-0.39, 0.29) is 18.2 Å². The quantitative estimate of drug-likeness (QED) is 0.642. The van der Waals surface area contributed by atoms with Crippen molar-refractivity contribution in [1.29, 1.82) is 5.41 Å². The van der Waals surface area contributed by atoms with Crippen molar-refractivity contribution in [3.05, 3.63) is 35.4 Å². The molecule has 0 aliphatic carbocycles. The van der Waals surface area contributed by atoms with Gasteiger partial charge in [-0.15, -0.1) is 12.4 Å². The summed E-state index contributed by atoms with van der Waals surface area (Å²) in [6, 6.07) is 8.01. The monoisotopic (exact) mass is 253 g/mol. The first kappa shape index (κ1) is 14.0. The van der Waals surface area contributed by atoms with Crippen LogP contribution >= 0.6 is 12.4 Å². The summed E-state index contributed by atoms with van der Waals surface area (Å²) < 4.78 is 0. The van der Waals surface area contributed by atoms with E-state index in [2.05, 4.69) is 17.0 Å². The molecule has 1 fully saturated rings. The van der Waals surface area contributed by atoms with Crippen LogP contribution in [-0.2, 0) is 6.54 Å². The molecular weight excluding hydrogens is 234 g/mol. The number of likely N-dealkylation sites (tertiary alicyclic amines) is 1. The van der Waals surface area contributed by atoms with Crippen LogP contribution in [0, 0.1) is 5.41 Å². The van der Waals surface area contributed by atoms with Gasteiger partial charge >= 0.3 is 0 Å². The molecule has 0 saturated carbocycles. The maximum Gasteiger partial charge on any atom is 0.122 e. The summed E-state index contributed by atoms with van der Waals surface area (Å²) in [7, 11) is 0. The first-order valence-electron chi connectivity index (χ1n) is 5.91. The Balaban J connectivity index is 0.00000144. The lowest BCUT2D eigenvalue weighted by atomic mass is 10.1. The van der Waals surface area contributed by atoms with Gasteiger partial charge in [-0.05, 0) is 31.5 Å². The summed E-state index contributed by atoms with van der Waals surface area (Å²) in [4.78, 5) is 2.49. The maximum atomic E-state index is 7.33. The van der Waals surface area contributed by atoms with E-state index in [1.807, 2.05) is 12.1 Å². The summed E-state index contributed by atoms with van der Waals surface area (Å²) in [5.41, 5.74) is 7.54. The van der Waals surface area contributed by atoms with Crippen molar-refractivity contribution >= 4 is 18.2 Å². The molecule has 1 aliphatic heterocycles. The van der Waals surface area contributed by atoms with Gasteiger partial charge in [0.15, 0.2) is 0 Å². The highest BCUT2D eigenvalue weighted by atomic mass is 35.5. The summed E-state index contributed by atoms with van der Waals surface area (Å²) in [5, 5.41) is 7.33. The number of hydrogen-bond donors (Lipinski definition) is 2. The van der Waals surface area contributed by atoms with Crippen molar-refractivity contribution in [3.63, 3.8) is 0 Å². The van der Waals surface area contributed by atoms with E-state index in [1.54, 1.807) is 0 Å². The zero-order valence-electron chi connectivity index (χ0n) is 9.98. The van der Waals surface area contributed by atoms with Gasteiger partial charge in [0.2, 0.25) is 0 Å². The van der Waals surface area contributed by atoms with Gasteiger partial charge in [-0.3, -0.25) is 10.3 Å². The summed E-state index contributed by atoms with van der Waals surface area (Å²) in [5.74, 6) is 0.143. The molecule has 17 heavy (non-hydrogen) atoms. The minimum Gasteiger partial charge on any atom is -0.384 e. The van der Waals surface area contributed by atoms with Crippen LogP contribution in [0.4, 0.5) is 0 Å². The first-order chi connectivity index (χ1) is 7.75. The van der Waals surface area contributed by atoms with Crippen LogP contribution in [0.1, 0.15) is 30.4 Å². The van der Waals surface area contributed by atoms with Gasteiger partial charge in [-0.1, -0.05) is 30.7 Å². The van der Waals surface area contributed by atoms with E-state index in [4.69, 9.17) is 11.1 Å². The Labute approximate surface area is 109 Å². The Morgan fingerprint density at radius 2 is 1.71 bits per heavy atom. The van der Waals surface area contributed by atoms with Gasteiger partial charge in [0.1, 0.15) is 5.84 Å². The number of nitrogens with one attached hydrogen (secondary N) is 1. The SMILES string of the molecule is Cl.N=C(N)c1ccc(CN2CCCCC2)cc1. The number of rotatable bonds is 3. The lowest BCUT2D eigenvalue weighted by Crippen LogP contribution is -2.29. The van der Waals surface area contributed by atoms with Crippen molar-refractivity contribution < 1.29 is 0 Å². The molecule has 3 nitrogen and oxygen atoms in total. The lowest BCUT2D eigenvalue weighted by Gasteiger charge is -2.26. The molecule has 0 unspecified atom stereocenters. The van der Waals surface area contributed by atoms with Gasteiger partial charge < -0.3 is 5.73 Å². The zero-order chi connectivity index (χ0) is 11.4. The average Bonchev–Trinajstić information content (AvgIpc) is 2.31. The Morgan fingerprint density at radius 1 is 1.12 bits per heavy atom. The Morgan fingerprint density at radius 3 is 2.24 bits per heavy atom. The number of piperidine rings is 1. The predicted octanol–water partition coefficient (Wildman–Crippen LogP) is 2.38. The van der Waals surface area contributed by atoms with E-state index in [0.29, 0.717) is 0 Å². The van der Waals surface area contributed by atoms with Crippen molar-refractivity contribution in [3.8, 4) is 0 Å². The largest absolute Gasteiger partial charge is 0.384 e. The Hall–Kier alpha value is -1.06. The van der Waals surface area contributed by atoms with Crippen LogP contribution in [0.15, 0.2) is 24.3 Å². The molecule has 0 bridgehead atoms. The molecule has 1 heterocycles. The molecule has 0 atom stereocenters. The lowest BCUT2D eigenvalue weighted by molar-refractivity contribution is 0.221. The minimum atomic E-state index is 0. The van der Waals surface area contributed by atoms with Crippen LogP contribution < -0.4 is 5.73 Å². The predicted molar refractivity (Wildman–Crippen MR) is 73.8 cm³/mol. The van der Waals surface area contributed by atoms with Crippen LogP contribution in [0.2, 0.25) is 0 Å². The second-order valence-electron chi connectivity index (χ2n) is 4.45. The van der Waals surface area contributed by atoms with Gasteiger partial charge in [0, 0.05) is 12.1 Å². The number of nitrogen functional groups attached to an aromatic ring is 1. The fourth-order valence-electron chi connectivity index (χ4n) is 2.17. The maximum absolute atomic E-state index is 7.33. The van der Waals surface area contributed by atoms with Gasteiger partial charge in [-0.25, -0.2) is 0 Å². The number of halogens is 1. The third-order valence-corrected chi connectivity index (χ3v) is 3.12. The third kappa shape index (κ3) is 4.02. The first-order valence-corrected chi connectivity index (χ1v) is 5.91. The fraction of sp³-hybridized carbons (Fsp3) is 0.462. The van der Waals surface area contributed by atoms with E-state index >= 15 is 0 Å². The van der Waals surface area contributed by atoms with Gasteiger partial charge in [-0.2, -0.15) is 0 Å². The zero-order valence-corrected chi connectivity index (χ0v) is 10.8. The Bertz CT molecular complexity index is 355. The van der Waals surface area contributed by atoms with E-state index < -0.39 is 0 Å². The molecule has 0 radical (unpaired) electrons. The van der Waals surface area contributed by atoms with Crippen LogP contribution in [0.25, 0.3) is 0 Å². The topological polar surface area (TPSA) is 53.1 Å². The third-order valence-electron chi connectivity index (χ3n) is 3.12. The fourth-order valence-corrected chi connectivity index (χ4v) is 2.17. The molecule has 1 aromatic rings. The van der Waals surface area contributed by atoms with Crippen molar-refractivity contribution in [2.45, 2.75) is 25.8 Å². The smallest absolute Gasteiger partial charge is 0.122 e. The molecule has 1 saturated heterocycles.